The van der Waals surface area contributed by atoms with Gasteiger partial charge in [0.15, 0.2) is 5.72 Å². The van der Waals surface area contributed by atoms with Gasteiger partial charge >= 0.3 is 5.97 Å². The molecule has 0 radical (unpaired) electrons. The quantitative estimate of drug-likeness (QED) is 0.592. The Morgan fingerprint density at radius 2 is 2.25 bits per heavy atom. The number of anilines is 1. The highest BCUT2D eigenvalue weighted by Gasteiger charge is 2.86. The van der Waals surface area contributed by atoms with Crippen LogP contribution < -0.4 is 4.90 Å². The summed E-state index contributed by atoms with van der Waals surface area (Å²) in [6.45, 7) is 4.25. The second kappa shape index (κ2) is 4.92. The SMILES string of the molecule is C/C=C1/CN2CCC34c5cc(O)ccc5N(C)C35OCC4(C(=O)OC)[C@@H]1CC25. The van der Waals surface area contributed by atoms with E-state index in [9.17, 15) is 9.90 Å². The molecule has 1 aromatic carbocycles. The van der Waals surface area contributed by atoms with Gasteiger partial charge in [-0.3, -0.25) is 9.69 Å². The predicted octanol–water partition coefficient (Wildman–Crippen LogP) is 2.02. The number of aromatic hydroxyl groups is 1. The summed E-state index contributed by atoms with van der Waals surface area (Å²) in [6, 6.07) is 5.79. The fourth-order valence-corrected chi connectivity index (χ4v) is 7.78. The number of allylic oxidation sites excluding steroid dienone is 1. The third-order valence-corrected chi connectivity index (χ3v) is 8.67. The Hall–Kier alpha value is -2.05. The molecule has 4 aliphatic heterocycles. The molecular formula is C22H26N2O4. The number of piperidine rings is 2. The lowest BCUT2D eigenvalue weighted by Crippen LogP contribution is -2.80. The fourth-order valence-electron chi connectivity index (χ4n) is 7.78. The predicted molar refractivity (Wildman–Crippen MR) is 103 cm³/mol. The van der Waals surface area contributed by atoms with E-state index >= 15 is 0 Å². The van der Waals surface area contributed by atoms with Crippen molar-refractivity contribution in [1.29, 1.82) is 0 Å². The first-order valence-corrected chi connectivity index (χ1v) is 10.2. The Morgan fingerprint density at radius 3 is 3.00 bits per heavy atom. The van der Waals surface area contributed by atoms with Crippen molar-refractivity contribution in [2.24, 2.45) is 11.3 Å². The lowest BCUT2D eigenvalue weighted by molar-refractivity contribution is -0.184. The van der Waals surface area contributed by atoms with Crippen molar-refractivity contribution in [2.75, 3.05) is 38.8 Å². The molecule has 4 heterocycles. The van der Waals surface area contributed by atoms with E-state index in [1.54, 1.807) is 6.07 Å². The largest absolute Gasteiger partial charge is 0.508 e. The van der Waals surface area contributed by atoms with E-state index in [0.29, 0.717) is 6.61 Å². The van der Waals surface area contributed by atoms with Crippen LogP contribution in [-0.2, 0) is 19.7 Å². The van der Waals surface area contributed by atoms with Crippen molar-refractivity contribution in [3.63, 3.8) is 0 Å². The molecule has 6 rings (SSSR count). The highest BCUT2D eigenvalue weighted by Crippen LogP contribution is 2.76. The van der Waals surface area contributed by atoms with Crippen LogP contribution in [0, 0.1) is 11.3 Å². The molecule has 0 aromatic heterocycles. The van der Waals surface area contributed by atoms with E-state index in [0.717, 1.165) is 37.2 Å². The van der Waals surface area contributed by atoms with E-state index in [1.165, 1.54) is 12.7 Å². The summed E-state index contributed by atoms with van der Waals surface area (Å²) < 4.78 is 12.2. The van der Waals surface area contributed by atoms with Gasteiger partial charge in [-0.15, -0.1) is 0 Å². The zero-order valence-electron chi connectivity index (χ0n) is 16.6. The fraction of sp³-hybridized carbons (Fsp3) is 0.591. The number of esters is 1. The lowest BCUT2D eigenvalue weighted by atomic mass is 9.43. The summed E-state index contributed by atoms with van der Waals surface area (Å²) in [4.78, 5) is 18.4. The molecule has 1 saturated carbocycles. The van der Waals surface area contributed by atoms with Gasteiger partial charge < -0.3 is 19.5 Å². The van der Waals surface area contributed by atoms with Gasteiger partial charge in [-0.25, -0.2) is 0 Å². The van der Waals surface area contributed by atoms with Crippen LogP contribution in [0.4, 0.5) is 5.69 Å². The molecule has 4 fully saturated rings. The summed E-state index contributed by atoms with van der Waals surface area (Å²) >= 11 is 0. The molecular weight excluding hydrogens is 356 g/mol. The highest BCUT2D eigenvalue weighted by atomic mass is 16.6. The van der Waals surface area contributed by atoms with Gasteiger partial charge in [0.1, 0.15) is 11.2 Å². The number of phenolic OH excluding ortho intramolecular Hbond substituents is 1. The molecule has 6 nitrogen and oxygen atoms in total. The Labute approximate surface area is 164 Å². The van der Waals surface area contributed by atoms with Crippen LogP contribution in [0.3, 0.4) is 0 Å². The minimum atomic E-state index is -0.764. The number of phenols is 1. The number of carbonyl (C=O) groups is 1. The number of hydrogen-bond donors (Lipinski definition) is 1. The van der Waals surface area contributed by atoms with Crippen molar-refractivity contribution in [3.05, 3.63) is 35.4 Å². The first kappa shape index (κ1) is 16.9. The summed E-state index contributed by atoms with van der Waals surface area (Å²) in [5.74, 6) is 0.170. The first-order chi connectivity index (χ1) is 13.5. The van der Waals surface area contributed by atoms with E-state index in [4.69, 9.17) is 9.47 Å². The Kier molecular flexibility index (Phi) is 2.96. The maximum absolute atomic E-state index is 13.6. The van der Waals surface area contributed by atoms with Gasteiger partial charge in [0.2, 0.25) is 0 Å². The van der Waals surface area contributed by atoms with Crippen LogP contribution in [0.1, 0.15) is 25.3 Å². The number of fused-ring (bicyclic) bond motifs is 3. The van der Waals surface area contributed by atoms with Crippen molar-refractivity contribution < 1.29 is 19.4 Å². The van der Waals surface area contributed by atoms with Gasteiger partial charge in [0.05, 0.1) is 25.2 Å². The average molecular weight is 382 g/mol. The molecule has 3 saturated heterocycles. The van der Waals surface area contributed by atoms with Crippen LogP contribution in [-0.4, -0.2) is 61.6 Å². The third kappa shape index (κ3) is 1.37. The zero-order valence-corrected chi connectivity index (χ0v) is 16.6. The molecule has 1 aliphatic carbocycles. The van der Waals surface area contributed by atoms with Crippen molar-refractivity contribution in [2.45, 2.75) is 36.9 Å². The Bertz CT molecular complexity index is 944. The zero-order chi connectivity index (χ0) is 19.5. The molecule has 4 unspecified atom stereocenters. The molecule has 1 N–H and O–H groups in total. The second-order valence-electron chi connectivity index (χ2n) is 9.00. The average Bonchev–Trinajstić information content (AvgIpc) is 3.08. The molecule has 0 amide bonds. The van der Waals surface area contributed by atoms with Gasteiger partial charge in [0.25, 0.3) is 0 Å². The first-order valence-electron chi connectivity index (χ1n) is 10.2. The van der Waals surface area contributed by atoms with E-state index < -0.39 is 16.6 Å². The summed E-state index contributed by atoms with van der Waals surface area (Å²) in [5, 5.41) is 10.4. The number of nitrogens with zero attached hydrogens (tertiary/aromatic N) is 2. The smallest absolute Gasteiger partial charge is 0.315 e. The van der Waals surface area contributed by atoms with Crippen molar-refractivity contribution >= 4 is 11.7 Å². The van der Waals surface area contributed by atoms with Gasteiger partial charge in [-0.05, 0) is 43.5 Å². The molecule has 6 heteroatoms. The van der Waals surface area contributed by atoms with Gasteiger partial charge in [0, 0.05) is 31.7 Å². The Morgan fingerprint density at radius 1 is 1.43 bits per heavy atom. The highest BCUT2D eigenvalue weighted by molar-refractivity contribution is 5.86. The number of benzene rings is 1. The lowest BCUT2D eigenvalue weighted by Gasteiger charge is -2.66. The molecule has 1 aromatic rings. The van der Waals surface area contributed by atoms with Gasteiger partial charge in [-0.1, -0.05) is 11.6 Å². The van der Waals surface area contributed by atoms with E-state index in [2.05, 4.69) is 29.8 Å². The molecule has 5 aliphatic rings. The normalized spacial score (nSPS) is 44.0. The van der Waals surface area contributed by atoms with Crippen LogP contribution in [0.15, 0.2) is 29.8 Å². The third-order valence-electron chi connectivity index (χ3n) is 8.67. The number of ether oxygens (including phenoxy) is 2. The maximum atomic E-state index is 13.6. The molecule has 28 heavy (non-hydrogen) atoms. The minimum absolute atomic E-state index is 0.101. The maximum Gasteiger partial charge on any atom is 0.315 e. The van der Waals surface area contributed by atoms with Crippen molar-refractivity contribution in [3.8, 4) is 5.75 Å². The van der Waals surface area contributed by atoms with Crippen LogP contribution in [0.5, 0.6) is 5.75 Å². The van der Waals surface area contributed by atoms with Gasteiger partial charge in [-0.2, -0.15) is 0 Å². The monoisotopic (exact) mass is 382 g/mol. The molecule has 5 bridgehead atoms. The minimum Gasteiger partial charge on any atom is -0.508 e. The van der Waals surface area contributed by atoms with Crippen LogP contribution in [0.2, 0.25) is 0 Å². The van der Waals surface area contributed by atoms with Crippen LogP contribution >= 0.6 is 0 Å². The summed E-state index contributed by atoms with van der Waals surface area (Å²) in [6.07, 6.45) is 3.92. The summed E-state index contributed by atoms with van der Waals surface area (Å²) in [5.41, 5.74) is 1.54. The Balaban J connectivity index is 1.75. The second-order valence-corrected chi connectivity index (χ2v) is 9.00. The number of likely N-dealkylation sites (N-methyl/N-ethyl adjacent to an activating group) is 1. The number of methoxy groups -OCH3 is 1. The van der Waals surface area contributed by atoms with Crippen LogP contribution in [0.25, 0.3) is 0 Å². The van der Waals surface area contributed by atoms with E-state index in [1.807, 2.05) is 12.1 Å². The number of hydrogen-bond acceptors (Lipinski definition) is 6. The number of carbonyl (C=O) groups excluding carboxylic acids is 1. The molecule has 5 atom stereocenters. The van der Waals surface area contributed by atoms with Crippen molar-refractivity contribution in [1.82, 2.24) is 4.90 Å². The topological polar surface area (TPSA) is 62.2 Å². The standard InChI is InChI=1S/C22H26N2O4/c1-4-13-11-24-8-7-21-16-9-14(25)5-6-17(16)23(2)22(21)18(24)10-15(13)20(21,12-28-22)19(26)27-3/h4-6,9,15,18,25H,7-8,10-12H2,1-3H3/b13-4-/t15-,18?,20?,21?,22?/m1/s1. The summed E-state index contributed by atoms with van der Waals surface area (Å²) in [7, 11) is 3.58. The molecule has 148 valence electrons. The van der Waals surface area contributed by atoms with E-state index in [-0.39, 0.29) is 23.7 Å². The number of rotatable bonds is 1. The molecule has 0 spiro atoms.